The van der Waals surface area contributed by atoms with Gasteiger partial charge in [0.05, 0.1) is 17.8 Å². The van der Waals surface area contributed by atoms with Crippen LogP contribution in [0.4, 0.5) is 5.82 Å². The Hall–Kier alpha value is -2.22. The molecule has 1 aliphatic rings. The van der Waals surface area contributed by atoms with Crippen LogP contribution in [0.1, 0.15) is 16.1 Å². The molecule has 2 heterocycles. The lowest BCUT2D eigenvalue weighted by atomic mass is 10.1. The van der Waals surface area contributed by atoms with Crippen molar-refractivity contribution in [1.82, 2.24) is 19.1 Å². The van der Waals surface area contributed by atoms with E-state index in [-0.39, 0.29) is 18.3 Å². The number of carbonyl (C=O) groups is 2. The third-order valence-corrected chi connectivity index (χ3v) is 3.90. The van der Waals surface area contributed by atoms with Gasteiger partial charge in [-0.2, -0.15) is 4.98 Å². The lowest BCUT2D eigenvalue weighted by Gasteiger charge is -2.18. The normalized spacial score (nSPS) is 16.5. The average Bonchev–Trinajstić information content (AvgIpc) is 2.86. The molecule has 1 N–H and O–H groups in total. The largest absolute Gasteiger partial charge is 0.339 e. The van der Waals surface area contributed by atoms with Gasteiger partial charge in [0.2, 0.25) is 0 Å². The smallest absolute Gasteiger partial charge is 0.335 e. The van der Waals surface area contributed by atoms with E-state index >= 15 is 0 Å². The highest BCUT2D eigenvalue weighted by molar-refractivity contribution is 6.31. The van der Waals surface area contributed by atoms with E-state index in [0.29, 0.717) is 28.4 Å². The summed E-state index contributed by atoms with van der Waals surface area (Å²) in [5.74, 6) is -0.0113. The maximum atomic E-state index is 12.5. The standard InChI is InChI=1S/C14H14ClN4O3/c1-17-6-12-13(19(2,22)8-20)16-7-18(12)11-4-3-9(15)5-10(11)14(17)21/h3-5,7-8,22H,6H2,1-2H3/q+1. The first kappa shape index (κ1) is 14.7. The molecule has 1 aliphatic heterocycles. The van der Waals surface area contributed by atoms with E-state index in [4.69, 9.17) is 11.6 Å². The number of halogens is 1. The minimum Gasteiger partial charge on any atom is -0.335 e. The molecule has 114 valence electrons. The third kappa shape index (κ3) is 2.10. The Morgan fingerprint density at radius 3 is 2.86 bits per heavy atom. The summed E-state index contributed by atoms with van der Waals surface area (Å²) in [6.07, 6.45) is 1.86. The van der Waals surface area contributed by atoms with Crippen LogP contribution in [-0.2, 0) is 11.3 Å². The quantitative estimate of drug-likeness (QED) is 0.394. The van der Waals surface area contributed by atoms with E-state index in [9.17, 15) is 14.8 Å². The SMILES string of the molecule is CN1Cc2c([N+](C)(O)C=O)ncn2-c2ccc(Cl)cc2C1=O. The number of nitrogens with zero attached hydrogens (tertiary/aromatic N) is 4. The van der Waals surface area contributed by atoms with Crippen molar-refractivity contribution in [2.24, 2.45) is 0 Å². The molecule has 1 unspecified atom stereocenters. The van der Waals surface area contributed by atoms with Gasteiger partial charge in [-0.3, -0.25) is 9.36 Å². The van der Waals surface area contributed by atoms with E-state index in [1.54, 1.807) is 29.8 Å². The van der Waals surface area contributed by atoms with Gasteiger partial charge < -0.3 is 4.90 Å². The Bertz CT molecular complexity index is 784. The fourth-order valence-corrected chi connectivity index (χ4v) is 2.71. The number of hydroxylamine groups is 2. The Kier molecular flexibility index (Phi) is 3.28. The maximum Gasteiger partial charge on any atom is 0.339 e. The van der Waals surface area contributed by atoms with Gasteiger partial charge in [-0.1, -0.05) is 16.2 Å². The molecule has 0 radical (unpaired) electrons. The molecule has 2 amide bonds. The second kappa shape index (κ2) is 4.91. The fraction of sp³-hybridized carbons (Fsp3) is 0.214. The number of carbonyl (C=O) groups excluding carboxylic acids is 2. The monoisotopic (exact) mass is 321 g/mol. The van der Waals surface area contributed by atoms with Crippen LogP contribution in [0.3, 0.4) is 0 Å². The number of fused-ring (bicyclic) bond motifs is 3. The zero-order chi connectivity index (χ0) is 16.1. The second-order valence-corrected chi connectivity index (χ2v) is 5.78. The molecule has 2 aromatic rings. The molecule has 0 saturated heterocycles. The summed E-state index contributed by atoms with van der Waals surface area (Å²) >= 11 is 5.99. The first-order valence-corrected chi connectivity index (χ1v) is 6.90. The lowest BCUT2D eigenvalue weighted by molar-refractivity contribution is -0.141. The van der Waals surface area contributed by atoms with Gasteiger partial charge in [0.15, 0.2) is 0 Å². The maximum absolute atomic E-state index is 12.5. The van der Waals surface area contributed by atoms with Crippen LogP contribution in [0.2, 0.25) is 5.02 Å². The summed E-state index contributed by atoms with van der Waals surface area (Å²) in [5, 5.41) is 10.6. The Morgan fingerprint density at radius 2 is 2.18 bits per heavy atom. The Labute approximate surface area is 131 Å². The van der Waals surface area contributed by atoms with Crippen molar-refractivity contribution in [2.45, 2.75) is 6.54 Å². The summed E-state index contributed by atoms with van der Waals surface area (Å²) in [6.45, 7) is 0.211. The fourth-order valence-electron chi connectivity index (χ4n) is 2.54. The van der Waals surface area contributed by atoms with Crippen molar-refractivity contribution in [3.05, 3.63) is 40.8 Å². The van der Waals surface area contributed by atoms with Crippen molar-refractivity contribution in [1.29, 1.82) is 0 Å². The van der Waals surface area contributed by atoms with Crippen LogP contribution < -0.4 is 4.65 Å². The average molecular weight is 322 g/mol. The predicted octanol–water partition coefficient (Wildman–Crippen LogP) is 1.59. The molecule has 1 aromatic heterocycles. The Balaban J connectivity index is 2.29. The van der Waals surface area contributed by atoms with Crippen molar-refractivity contribution < 1.29 is 14.8 Å². The molecular weight excluding hydrogens is 308 g/mol. The highest BCUT2D eigenvalue weighted by Gasteiger charge is 2.35. The van der Waals surface area contributed by atoms with Gasteiger partial charge in [-0.15, -0.1) is 0 Å². The second-order valence-electron chi connectivity index (χ2n) is 5.34. The van der Waals surface area contributed by atoms with Crippen molar-refractivity contribution >= 4 is 29.7 Å². The molecule has 0 saturated carbocycles. The van der Waals surface area contributed by atoms with Gasteiger partial charge in [-0.05, 0) is 18.2 Å². The van der Waals surface area contributed by atoms with Gasteiger partial charge in [-0.25, -0.2) is 10.0 Å². The van der Waals surface area contributed by atoms with Crippen LogP contribution in [0.15, 0.2) is 24.5 Å². The molecule has 22 heavy (non-hydrogen) atoms. The van der Waals surface area contributed by atoms with Crippen LogP contribution in [0.5, 0.6) is 0 Å². The topological polar surface area (TPSA) is 75.4 Å². The molecule has 7 nitrogen and oxygen atoms in total. The van der Waals surface area contributed by atoms with Gasteiger partial charge in [0.1, 0.15) is 19.1 Å². The van der Waals surface area contributed by atoms with Crippen LogP contribution in [0, 0.1) is 0 Å². The third-order valence-electron chi connectivity index (χ3n) is 3.66. The van der Waals surface area contributed by atoms with E-state index < -0.39 is 4.65 Å². The summed E-state index contributed by atoms with van der Waals surface area (Å²) in [7, 11) is 2.95. The molecule has 0 fully saturated rings. The number of quaternary nitrogens is 1. The number of rotatable bonds is 2. The van der Waals surface area contributed by atoms with Gasteiger partial charge in [0, 0.05) is 12.1 Å². The van der Waals surface area contributed by atoms with Crippen molar-refractivity contribution in [3.63, 3.8) is 0 Å². The van der Waals surface area contributed by atoms with E-state index in [2.05, 4.69) is 4.98 Å². The highest BCUT2D eigenvalue weighted by atomic mass is 35.5. The van der Waals surface area contributed by atoms with Crippen LogP contribution >= 0.6 is 11.6 Å². The molecule has 1 atom stereocenters. The zero-order valence-corrected chi connectivity index (χ0v) is 12.8. The number of hydrogen-bond donors (Lipinski definition) is 1. The molecule has 1 aromatic carbocycles. The summed E-state index contributed by atoms with van der Waals surface area (Å²) < 4.78 is 0.686. The molecular formula is C14H14ClN4O3+. The van der Waals surface area contributed by atoms with Gasteiger partial charge >= 0.3 is 6.41 Å². The number of imidazole rings is 1. The summed E-state index contributed by atoms with van der Waals surface area (Å²) in [5.41, 5.74) is 1.61. The first-order chi connectivity index (χ1) is 10.3. The minimum absolute atomic E-state index is 0.178. The molecule has 0 aliphatic carbocycles. The van der Waals surface area contributed by atoms with Crippen molar-refractivity contribution in [2.75, 3.05) is 14.1 Å². The molecule has 0 bridgehead atoms. The number of aromatic nitrogens is 2. The first-order valence-electron chi connectivity index (χ1n) is 6.52. The van der Waals surface area contributed by atoms with E-state index in [1.807, 2.05) is 0 Å². The number of amides is 2. The summed E-state index contributed by atoms with van der Waals surface area (Å²) in [4.78, 5) is 29.2. The predicted molar refractivity (Wildman–Crippen MR) is 79.9 cm³/mol. The zero-order valence-electron chi connectivity index (χ0n) is 12.0. The van der Waals surface area contributed by atoms with E-state index in [1.165, 1.54) is 18.3 Å². The van der Waals surface area contributed by atoms with E-state index in [0.717, 1.165) is 0 Å². The minimum atomic E-state index is -1.01. The van der Waals surface area contributed by atoms with Crippen LogP contribution in [-0.4, -0.2) is 46.1 Å². The van der Waals surface area contributed by atoms with Crippen LogP contribution in [0.25, 0.3) is 5.69 Å². The molecule has 8 heteroatoms. The van der Waals surface area contributed by atoms with Gasteiger partial charge in [0.25, 0.3) is 11.7 Å². The summed E-state index contributed by atoms with van der Waals surface area (Å²) in [6, 6.07) is 4.98. The molecule has 0 spiro atoms. The Morgan fingerprint density at radius 1 is 1.45 bits per heavy atom. The number of benzene rings is 1. The lowest BCUT2D eigenvalue weighted by Crippen LogP contribution is -2.41. The molecule has 3 rings (SSSR count). The number of hydrogen-bond acceptors (Lipinski definition) is 4. The highest BCUT2D eigenvalue weighted by Crippen LogP contribution is 2.31. The van der Waals surface area contributed by atoms with Crippen molar-refractivity contribution in [3.8, 4) is 5.69 Å².